The van der Waals surface area contributed by atoms with Gasteiger partial charge in [0.05, 0.1) is 5.75 Å². The molecule has 0 amide bonds. The molecule has 1 aromatic carbocycles. The fourth-order valence-corrected chi connectivity index (χ4v) is 2.63. The van der Waals surface area contributed by atoms with Crippen LogP contribution in [0.3, 0.4) is 0 Å². The summed E-state index contributed by atoms with van der Waals surface area (Å²) in [5, 5.41) is 0.574. The molecule has 0 saturated heterocycles. The van der Waals surface area contributed by atoms with Crippen LogP contribution in [0.5, 0.6) is 0 Å². The predicted molar refractivity (Wildman–Crippen MR) is 67.4 cm³/mol. The number of aryl methyl sites for hydroxylation is 1. The Morgan fingerprint density at radius 1 is 1.44 bits per heavy atom. The lowest BCUT2D eigenvalue weighted by Gasteiger charge is -2.14. The van der Waals surface area contributed by atoms with Gasteiger partial charge in [-0.05, 0) is 30.2 Å². The highest BCUT2D eigenvalue weighted by Crippen LogP contribution is 2.21. The van der Waals surface area contributed by atoms with Gasteiger partial charge in [0.15, 0.2) is 9.84 Å². The second-order valence-electron chi connectivity index (χ2n) is 3.81. The van der Waals surface area contributed by atoms with E-state index >= 15 is 0 Å². The zero-order valence-corrected chi connectivity index (χ0v) is 11.0. The molecule has 0 aliphatic rings. The summed E-state index contributed by atoms with van der Waals surface area (Å²) in [6.07, 6.45) is 0. The summed E-state index contributed by atoms with van der Waals surface area (Å²) in [6.45, 7) is 3.51. The molecule has 1 atom stereocenters. The van der Waals surface area contributed by atoms with E-state index in [0.717, 1.165) is 11.1 Å². The molecule has 0 radical (unpaired) electrons. The molecule has 1 rings (SSSR count). The van der Waals surface area contributed by atoms with E-state index in [1.165, 1.54) is 0 Å². The van der Waals surface area contributed by atoms with Crippen LogP contribution in [0.2, 0.25) is 5.02 Å². The lowest BCUT2D eigenvalue weighted by Crippen LogP contribution is -2.23. The molecule has 1 unspecified atom stereocenters. The summed E-state index contributed by atoms with van der Waals surface area (Å²) < 4.78 is 22.9. The third-order valence-electron chi connectivity index (χ3n) is 2.51. The van der Waals surface area contributed by atoms with Crippen LogP contribution in [-0.4, -0.2) is 19.9 Å². The van der Waals surface area contributed by atoms with Gasteiger partial charge in [-0.1, -0.05) is 24.6 Å². The van der Waals surface area contributed by atoms with Crippen molar-refractivity contribution < 1.29 is 8.42 Å². The molecule has 0 bridgehead atoms. The molecule has 0 saturated carbocycles. The lowest BCUT2D eigenvalue weighted by atomic mass is 10.0. The Balaban J connectivity index is 2.97. The monoisotopic (exact) mass is 261 g/mol. The Labute approximate surface area is 102 Å². The standard InChI is InChI=1S/C11H16ClNO2S/c1-3-16(14,15)7-11(13)10-6-9(12)5-4-8(10)2/h4-6,11H,3,7,13H2,1-2H3. The molecule has 0 heterocycles. The van der Waals surface area contributed by atoms with Crippen LogP contribution in [0.1, 0.15) is 24.1 Å². The molecule has 16 heavy (non-hydrogen) atoms. The van der Waals surface area contributed by atoms with Gasteiger partial charge in [-0.15, -0.1) is 0 Å². The maximum absolute atomic E-state index is 11.5. The third kappa shape index (κ3) is 3.47. The first-order chi connectivity index (χ1) is 7.35. The summed E-state index contributed by atoms with van der Waals surface area (Å²) in [7, 11) is -3.06. The number of nitrogens with two attached hydrogens (primary N) is 1. The van der Waals surface area contributed by atoms with Crippen LogP contribution in [0, 0.1) is 6.92 Å². The van der Waals surface area contributed by atoms with Crippen molar-refractivity contribution in [2.24, 2.45) is 5.73 Å². The second-order valence-corrected chi connectivity index (χ2v) is 6.64. The Bertz CT molecular complexity index is 471. The van der Waals surface area contributed by atoms with E-state index < -0.39 is 15.9 Å². The Hall–Kier alpha value is -0.580. The molecule has 2 N–H and O–H groups in total. The smallest absolute Gasteiger partial charge is 0.151 e. The quantitative estimate of drug-likeness (QED) is 0.903. The van der Waals surface area contributed by atoms with E-state index in [1.54, 1.807) is 19.1 Å². The van der Waals surface area contributed by atoms with Gasteiger partial charge < -0.3 is 5.73 Å². The third-order valence-corrected chi connectivity index (χ3v) is 4.50. The molecular formula is C11H16ClNO2S. The largest absolute Gasteiger partial charge is 0.323 e. The average molecular weight is 262 g/mol. The molecule has 0 aliphatic heterocycles. The maximum Gasteiger partial charge on any atom is 0.151 e. The van der Waals surface area contributed by atoms with Crippen molar-refractivity contribution in [3.63, 3.8) is 0 Å². The van der Waals surface area contributed by atoms with E-state index in [4.69, 9.17) is 17.3 Å². The van der Waals surface area contributed by atoms with Gasteiger partial charge in [0.2, 0.25) is 0 Å². The van der Waals surface area contributed by atoms with Crippen LogP contribution in [0.4, 0.5) is 0 Å². The summed E-state index contributed by atoms with van der Waals surface area (Å²) in [4.78, 5) is 0. The maximum atomic E-state index is 11.5. The Morgan fingerprint density at radius 2 is 2.06 bits per heavy atom. The minimum absolute atomic E-state index is 0.0370. The van der Waals surface area contributed by atoms with Gasteiger partial charge in [0, 0.05) is 16.8 Å². The first kappa shape index (κ1) is 13.5. The topological polar surface area (TPSA) is 60.2 Å². The molecular weight excluding hydrogens is 246 g/mol. The van der Waals surface area contributed by atoms with Crippen molar-refractivity contribution >= 4 is 21.4 Å². The number of benzene rings is 1. The van der Waals surface area contributed by atoms with Crippen molar-refractivity contribution in [2.45, 2.75) is 19.9 Å². The van der Waals surface area contributed by atoms with Crippen molar-refractivity contribution in [1.29, 1.82) is 0 Å². The zero-order chi connectivity index (χ0) is 12.3. The number of halogens is 1. The fourth-order valence-electron chi connectivity index (χ4n) is 1.49. The Kier molecular flexibility index (Phi) is 4.35. The van der Waals surface area contributed by atoms with Crippen LogP contribution in [0.25, 0.3) is 0 Å². The predicted octanol–water partition coefficient (Wildman–Crippen LogP) is 2.08. The molecule has 0 spiro atoms. The van der Waals surface area contributed by atoms with Crippen molar-refractivity contribution in [1.82, 2.24) is 0 Å². The summed E-state index contributed by atoms with van der Waals surface area (Å²) in [5.41, 5.74) is 7.65. The van der Waals surface area contributed by atoms with Gasteiger partial charge in [-0.3, -0.25) is 0 Å². The highest BCUT2D eigenvalue weighted by molar-refractivity contribution is 7.91. The summed E-state index contributed by atoms with van der Waals surface area (Å²) in [5.74, 6) is 0.0744. The van der Waals surface area contributed by atoms with Gasteiger partial charge >= 0.3 is 0 Å². The highest BCUT2D eigenvalue weighted by atomic mass is 35.5. The van der Waals surface area contributed by atoms with E-state index in [-0.39, 0.29) is 11.5 Å². The van der Waals surface area contributed by atoms with E-state index in [2.05, 4.69) is 0 Å². The second kappa shape index (κ2) is 5.17. The number of hydrogen-bond donors (Lipinski definition) is 1. The summed E-state index contributed by atoms with van der Waals surface area (Å²) >= 11 is 5.86. The first-order valence-electron chi connectivity index (χ1n) is 5.08. The average Bonchev–Trinajstić information content (AvgIpc) is 2.21. The fraction of sp³-hybridized carbons (Fsp3) is 0.455. The van der Waals surface area contributed by atoms with Crippen LogP contribution in [-0.2, 0) is 9.84 Å². The SMILES string of the molecule is CCS(=O)(=O)CC(N)c1cc(Cl)ccc1C. The lowest BCUT2D eigenvalue weighted by molar-refractivity contribution is 0.590. The van der Waals surface area contributed by atoms with E-state index in [0.29, 0.717) is 5.02 Å². The van der Waals surface area contributed by atoms with Gasteiger partial charge in [0.25, 0.3) is 0 Å². The van der Waals surface area contributed by atoms with Crippen molar-refractivity contribution in [2.75, 3.05) is 11.5 Å². The number of hydrogen-bond acceptors (Lipinski definition) is 3. The molecule has 0 aromatic heterocycles. The van der Waals surface area contributed by atoms with Crippen LogP contribution in [0.15, 0.2) is 18.2 Å². The normalized spacial score (nSPS) is 13.8. The van der Waals surface area contributed by atoms with E-state index in [9.17, 15) is 8.42 Å². The minimum Gasteiger partial charge on any atom is -0.323 e. The van der Waals surface area contributed by atoms with Crippen LogP contribution >= 0.6 is 11.6 Å². The molecule has 1 aromatic rings. The van der Waals surface area contributed by atoms with Crippen molar-refractivity contribution in [3.05, 3.63) is 34.3 Å². The molecule has 5 heteroatoms. The van der Waals surface area contributed by atoms with Crippen LogP contribution < -0.4 is 5.73 Å². The highest BCUT2D eigenvalue weighted by Gasteiger charge is 2.17. The molecule has 0 fully saturated rings. The minimum atomic E-state index is -3.06. The molecule has 90 valence electrons. The van der Waals surface area contributed by atoms with Crippen molar-refractivity contribution in [3.8, 4) is 0 Å². The number of sulfone groups is 1. The summed E-state index contributed by atoms with van der Waals surface area (Å²) in [6, 6.07) is 4.83. The Morgan fingerprint density at radius 3 is 2.62 bits per heavy atom. The van der Waals surface area contributed by atoms with Gasteiger partial charge in [-0.25, -0.2) is 8.42 Å². The molecule has 3 nitrogen and oxygen atoms in total. The number of rotatable bonds is 4. The first-order valence-corrected chi connectivity index (χ1v) is 7.27. The van der Waals surface area contributed by atoms with E-state index in [1.807, 2.05) is 13.0 Å². The molecule has 0 aliphatic carbocycles. The van der Waals surface area contributed by atoms with Gasteiger partial charge in [-0.2, -0.15) is 0 Å². The van der Waals surface area contributed by atoms with Gasteiger partial charge in [0.1, 0.15) is 0 Å². The zero-order valence-electron chi connectivity index (χ0n) is 9.40.